The zero-order chi connectivity index (χ0) is 20.4. The van der Waals surface area contributed by atoms with Crippen molar-refractivity contribution in [1.82, 2.24) is 10.6 Å². The highest BCUT2D eigenvalue weighted by atomic mass is 16.5. The van der Waals surface area contributed by atoms with Gasteiger partial charge in [-0.15, -0.1) is 0 Å². The van der Waals surface area contributed by atoms with Gasteiger partial charge >= 0.3 is 5.97 Å². The fraction of sp³-hybridized carbons (Fsp3) is 0.864. The average molecular weight is 393 g/mol. The van der Waals surface area contributed by atoms with E-state index in [0.29, 0.717) is 12.8 Å². The molecule has 3 rings (SSSR count). The number of carbonyl (C=O) groups is 3. The van der Waals surface area contributed by atoms with Gasteiger partial charge in [0, 0.05) is 18.9 Å². The molecule has 6 nitrogen and oxygen atoms in total. The molecule has 1 aliphatic heterocycles. The van der Waals surface area contributed by atoms with Crippen molar-refractivity contribution in [3.8, 4) is 0 Å². The van der Waals surface area contributed by atoms with Crippen molar-refractivity contribution in [2.45, 2.75) is 90.1 Å². The van der Waals surface area contributed by atoms with Crippen molar-refractivity contribution in [3.05, 3.63) is 0 Å². The van der Waals surface area contributed by atoms with Crippen molar-refractivity contribution in [2.75, 3.05) is 13.7 Å². The Bertz CT molecular complexity index is 610. The third kappa shape index (κ3) is 4.94. The van der Waals surface area contributed by atoms with Crippen LogP contribution in [0.1, 0.15) is 78.1 Å². The number of rotatable bonds is 5. The van der Waals surface area contributed by atoms with Crippen molar-refractivity contribution in [3.63, 3.8) is 0 Å². The predicted molar refractivity (Wildman–Crippen MR) is 107 cm³/mol. The largest absolute Gasteiger partial charge is 0.467 e. The molecule has 2 saturated carbocycles. The lowest BCUT2D eigenvalue weighted by Crippen LogP contribution is -2.50. The van der Waals surface area contributed by atoms with Crippen molar-refractivity contribution >= 4 is 17.7 Å². The number of nitrogens with one attached hydrogen (secondary N) is 2. The predicted octanol–water partition coefficient (Wildman–Crippen LogP) is 2.74. The molecular weight excluding hydrogens is 356 g/mol. The number of ketones is 1. The lowest BCUT2D eigenvalue weighted by Gasteiger charge is -2.34. The minimum absolute atomic E-state index is 0.0275. The van der Waals surface area contributed by atoms with E-state index in [1.807, 2.05) is 0 Å². The Kier molecular flexibility index (Phi) is 6.47. The topological polar surface area (TPSA) is 84.5 Å². The van der Waals surface area contributed by atoms with Gasteiger partial charge in [0.2, 0.25) is 5.91 Å². The first kappa shape index (κ1) is 21.3. The zero-order valence-corrected chi connectivity index (χ0v) is 17.6. The lowest BCUT2D eigenvalue weighted by molar-refractivity contribution is -0.146. The van der Waals surface area contributed by atoms with Gasteiger partial charge < -0.3 is 15.4 Å². The number of methoxy groups -OCH3 is 1. The third-order valence-electron chi connectivity index (χ3n) is 7.19. The molecule has 1 amide bonds. The number of hydrogen-bond donors (Lipinski definition) is 2. The van der Waals surface area contributed by atoms with Gasteiger partial charge in [-0.3, -0.25) is 9.59 Å². The second kappa shape index (κ2) is 8.52. The molecule has 6 heteroatoms. The summed E-state index contributed by atoms with van der Waals surface area (Å²) in [4.78, 5) is 37.7. The molecule has 158 valence electrons. The maximum atomic E-state index is 12.9. The van der Waals surface area contributed by atoms with E-state index in [0.717, 1.165) is 25.8 Å². The smallest absolute Gasteiger partial charge is 0.328 e. The molecule has 2 unspecified atom stereocenters. The maximum absolute atomic E-state index is 12.9. The molecule has 1 saturated heterocycles. The van der Waals surface area contributed by atoms with Gasteiger partial charge in [-0.05, 0) is 49.4 Å². The van der Waals surface area contributed by atoms with E-state index in [2.05, 4.69) is 24.5 Å². The summed E-state index contributed by atoms with van der Waals surface area (Å²) >= 11 is 0. The third-order valence-corrected chi connectivity index (χ3v) is 7.19. The summed E-state index contributed by atoms with van der Waals surface area (Å²) in [6, 6.07) is -1.01. The lowest BCUT2D eigenvalue weighted by atomic mass is 9.71. The Morgan fingerprint density at radius 1 is 1.21 bits per heavy atom. The van der Waals surface area contributed by atoms with Crippen LogP contribution in [-0.2, 0) is 19.1 Å². The normalized spacial score (nSPS) is 30.0. The molecule has 0 aromatic rings. The zero-order valence-electron chi connectivity index (χ0n) is 17.6. The van der Waals surface area contributed by atoms with Crippen molar-refractivity contribution in [2.24, 2.45) is 16.7 Å². The number of amides is 1. The van der Waals surface area contributed by atoms with Crippen molar-refractivity contribution < 1.29 is 19.1 Å². The summed E-state index contributed by atoms with van der Waals surface area (Å²) < 4.78 is 4.92. The van der Waals surface area contributed by atoms with Gasteiger partial charge in [0.25, 0.3) is 0 Å². The molecule has 3 aliphatic rings. The summed E-state index contributed by atoms with van der Waals surface area (Å²) in [7, 11) is 1.33. The van der Waals surface area contributed by atoms with Crippen LogP contribution in [0.15, 0.2) is 0 Å². The van der Waals surface area contributed by atoms with Gasteiger partial charge in [0.05, 0.1) is 13.2 Å². The highest BCUT2D eigenvalue weighted by Crippen LogP contribution is 2.43. The van der Waals surface area contributed by atoms with E-state index in [9.17, 15) is 14.4 Å². The van der Waals surface area contributed by atoms with E-state index in [1.54, 1.807) is 0 Å². The van der Waals surface area contributed by atoms with E-state index >= 15 is 0 Å². The van der Waals surface area contributed by atoms with Crippen LogP contribution in [0.2, 0.25) is 0 Å². The molecule has 1 spiro atoms. The second-order valence-electron chi connectivity index (χ2n) is 10.1. The Hall–Kier alpha value is -1.43. The fourth-order valence-corrected chi connectivity index (χ4v) is 5.38. The molecule has 2 aliphatic carbocycles. The van der Waals surface area contributed by atoms with Crippen LogP contribution < -0.4 is 10.6 Å². The Labute approximate surface area is 168 Å². The minimum Gasteiger partial charge on any atom is -0.467 e. The molecule has 0 bridgehead atoms. The highest BCUT2D eigenvalue weighted by molar-refractivity contribution is 5.89. The highest BCUT2D eigenvalue weighted by Gasteiger charge is 2.43. The van der Waals surface area contributed by atoms with Crippen LogP contribution in [0.4, 0.5) is 0 Å². The summed E-state index contributed by atoms with van der Waals surface area (Å²) in [5.41, 5.74) is 0.269. The molecule has 3 fully saturated rings. The van der Waals surface area contributed by atoms with Gasteiger partial charge in [-0.2, -0.15) is 0 Å². The Balaban J connectivity index is 1.59. The monoisotopic (exact) mass is 392 g/mol. The molecule has 0 aromatic heterocycles. The van der Waals surface area contributed by atoms with E-state index in [4.69, 9.17) is 4.74 Å². The molecule has 0 aromatic carbocycles. The number of carbonyl (C=O) groups excluding carboxylic acids is 3. The first-order valence-corrected chi connectivity index (χ1v) is 10.9. The Morgan fingerprint density at radius 3 is 2.57 bits per heavy atom. The number of hydrogen-bond acceptors (Lipinski definition) is 5. The van der Waals surface area contributed by atoms with Gasteiger partial charge in [-0.25, -0.2) is 4.79 Å². The second-order valence-corrected chi connectivity index (χ2v) is 10.1. The summed E-state index contributed by atoms with van der Waals surface area (Å²) in [5, 5.41) is 6.26. The first-order valence-electron chi connectivity index (χ1n) is 10.9. The number of ether oxygens (including phenoxy) is 1. The fourth-order valence-electron chi connectivity index (χ4n) is 5.38. The van der Waals surface area contributed by atoms with Crippen LogP contribution in [-0.4, -0.2) is 43.4 Å². The van der Waals surface area contributed by atoms with Crippen LogP contribution in [0.5, 0.6) is 0 Å². The van der Waals surface area contributed by atoms with Crippen LogP contribution in [0.3, 0.4) is 0 Å². The van der Waals surface area contributed by atoms with E-state index in [1.165, 1.54) is 39.2 Å². The average Bonchev–Trinajstić information content (AvgIpc) is 3.06. The number of esters is 1. The minimum atomic E-state index is -0.752. The molecule has 2 N–H and O–H groups in total. The molecular formula is C22H36N2O4. The molecule has 0 radical (unpaired) electrons. The van der Waals surface area contributed by atoms with Gasteiger partial charge in [-0.1, -0.05) is 33.1 Å². The van der Waals surface area contributed by atoms with Crippen LogP contribution in [0.25, 0.3) is 0 Å². The van der Waals surface area contributed by atoms with Gasteiger partial charge in [0.15, 0.2) is 0 Å². The van der Waals surface area contributed by atoms with E-state index in [-0.39, 0.29) is 34.5 Å². The SMILES string of the molecule is COC(=O)[C@H](CC1CCC(C)(C)CC1=O)NC(=O)C1CC2(CCCCC2)CN1. The molecule has 28 heavy (non-hydrogen) atoms. The summed E-state index contributed by atoms with van der Waals surface area (Å²) in [5.74, 6) is -0.587. The van der Waals surface area contributed by atoms with Crippen LogP contribution in [0, 0.1) is 16.7 Å². The first-order chi connectivity index (χ1) is 13.2. The summed E-state index contributed by atoms with van der Waals surface area (Å²) in [6.45, 7) is 5.09. The van der Waals surface area contributed by atoms with Crippen molar-refractivity contribution in [1.29, 1.82) is 0 Å². The van der Waals surface area contributed by atoms with Crippen LogP contribution >= 0.6 is 0 Å². The number of Topliss-reactive ketones (excluding diaryl/α,β-unsaturated/α-hetero) is 1. The summed E-state index contributed by atoms with van der Waals surface area (Å²) in [6.07, 6.45) is 9.54. The standard InChI is InChI=1S/C22H36N2O4/c1-21(2)10-7-15(18(25)13-21)11-16(20(27)28-3)24-19(26)17-12-22(14-23-17)8-5-4-6-9-22/h15-17,23H,4-14H2,1-3H3,(H,24,26)/t15?,16-,17?/m0/s1. The Morgan fingerprint density at radius 2 is 1.93 bits per heavy atom. The molecule has 1 heterocycles. The molecule has 3 atom stereocenters. The quantitative estimate of drug-likeness (QED) is 0.703. The maximum Gasteiger partial charge on any atom is 0.328 e. The van der Waals surface area contributed by atoms with Gasteiger partial charge in [0.1, 0.15) is 11.8 Å². The van der Waals surface area contributed by atoms with E-state index < -0.39 is 12.0 Å².